The molecule has 0 saturated heterocycles. The van der Waals surface area contributed by atoms with Crippen LogP contribution in [-0.4, -0.2) is 0 Å². The molecule has 0 aromatic heterocycles. The number of benzene rings is 8. The maximum Gasteiger partial charge on any atom is 0.0726 e. The molecular weight excluding hydrogens is 639 g/mol. The van der Waals surface area contributed by atoms with Gasteiger partial charge in [-0.1, -0.05) is 165 Å². The van der Waals surface area contributed by atoms with Gasteiger partial charge in [0, 0.05) is 22.5 Å². The summed E-state index contributed by atoms with van der Waals surface area (Å²) in [5.74, 6) is 0. The summed E-state index contributed by atoms with van der Waals surface area (Å²) in [5.41, 5.74) is 1.18. The molecule has 8 aromatic carbocycles. The maximum atomic E-state index is 10.6. The number of nitrogens with zero attached hydrogens (tertiary/aromatic N) is 1. The normalized spacial score (nSPS) is 18.5. The minimum absolute atomic E-state index is 0.173. The van der Waals surface area contributed by atoms with Crippen LogP contribution in [0.25, 0.3) is 44.5 Å². The minimum atomic E-state index is -2.46. The summed E-state index contributed by atoms with van der Waals surface area (Å²) < 4.78 is 141. The molecule has 0 heterocycles. The Balaban J connectivity index is 1.32. The van der Waals surface area contributed by atoms with Crippen LogP contribution in [0.1, 0.15) is 67.8 Å². The highest BCUT2D eigenvalue weighted by Crippen LogP contribution is 2.63. The van der Waals surface area contributed by atoms with E-state index < -0.39 is 101 Å². The summed E-state index contributed by atoms with van der Waals surface area (Å²) in [7, 11) is 0. The third-order valence-electron chi connectivity index (χ3n) is 11.1. The number of fused-ring (bicyclic) bond motifs is 13. The first-order valence-electron chi connectivity index (χ1n) is 25.0. The second-order valence-corrected chi connectivity index (χ2v) is 14.1. The van der Waals surface area contributed by atoms with E-state index in [1.54, 1.807) is 4.90 Å². The maximum absolute atomic E-state index is 10.6. The molecule has 1 heteroatoms. The lowest BCUT2D eigenvalue weighted by molar-refractivity contribution is 0.660. The molecule has 0 fully saturated rings. The Kier molecular flexibility index (Phi) is 3.93. The second-order valence-electron chi connectivity index (χ2n) is 14.1. The lowest BCUT2D eigenvalue weighted by atomic mass is 9.70. The van der Waals surface area contributed by atoms with Crippen molar-refractivity contribution in [2.24, 2.45) is 0 Å². The fourth-order valence-corrected chi connectivity index (χ4v) is 8.74. The monoisotopic (exact) mass is 690 g/mol. The van der Waals surface area contributed by atoms with Gasteiger partial charge in [0.25, 0.3) is 0 Å². The first-order valence-corrected chi connectivity index (χ1v) is 17.5. The van der Waals surface area contributed by atoms with Gasteiger partial charge in [0.1, 0.15) is 0 Å². The summed E-state index contributed by atoms with van der Waals surface area (Å²) in [6.07, 6.45) is 0. The molecule has 11 rings (SSSR count). The predicted octanol–water partition coefficient (Wildman–Crippen LogP) is 13.5. The zero-order chi connectivity index (χ0) is 48.4. The molecule has 0 N–H and O–H groups in total. The molecule has 1 nitrogen and oxygen atoms in total. The largest absolute Gasteiger partial charge is 0.310 e. The summed E-state index contributed by atoms with van der Waals surface area (Å²) in [6, 6.07) is 21.1. The van der Waals surface area contributed by atoms with Crippen molar-refractivity contribution in [3.63, 3.8) is 0 Å². The Labute approximate surface area is 332 Å². The van der Waals surface area contributed by atoms with Crippen LogP contribution in [0, 0.1) is 0 Å². The van der Waals surface area contributed by atoms with Crippen LogP contribution in [0.4, 0.5) is 17.1 Å². The van der Waals surface area contributed by atoms with Crippen LogP contribution in [-0.2, 0) is 10.8 Å². The van der Waals surface area contributed by atoms with E-state index in [1.165, 1.54) is 0 Å². The molecule has 0 unspecified atom stereocenters. The van der Waals surface area contributed by atoms with Gasteiger partial charge >= 0.3 is 0 Å². The first-order chi connectivity index (χ1) is 32.3. The lowest BCUT2D eigenvalue weighted by Crippen LogP contribution is -2.26. The van der Waals surface area contributed by atoms with Gasteiger partial charge in [-0.2, -0.15) is 0 Å². The predicted molar refractivity (Wildman–Crippen MR) is 220 cm³/mol. The third kappa shape index (κ3) is 4.08. The molecule has 250 valence electrons. The molecule has 0 saturated carbocycles. The molecule has 3 aliphatic rings. The molecule has 8 aromatic rings. The Morgan fingerprint density at radius 2 is 0.925 bits per heavy atom. The van der Waals surface area contributed by atoms with Crippen molar-refractivity contribution in [3.8, 4) is 44.5 Å². The van der Waals surface area contributed by atoms with Crippen molar-refractivity contribution in [3.05, 3.63) is 221 Å². The zero-order valence-corrected chi connectivity index (χ0v) is 28.7. The topological polar surface area (TPSA) is 3.24 Å². The molecule has 53 heavy (non-hydrogen) atoms. The van der Waals surface area contributed by atoms with Gasteiger partial charge in [0.2, 0.25) is 0 Å². The van der Waals surface area contributed by atoms with Crippen LogP contribution >= 0.6 is 0 Å². The van der Waals surface area contributed by atoms with Gasteiger partial charge < -0.3 is 4.90 Å². The lowest BCUT2D eigenvalue weighted by Gasteiger charge is -2.32. The third-order valence-corrected chi connectivity index (χ3v) is 11.1. The highest BCUT2D eigenvalue weighted by atomic mass is 15.1. The van der Waals surface area contributed by atoms with Gasteiger partial charge in [-0.15, -0.1) is 0 Å². The second kappa shape index (κ2) is 11.0. The number of rotatable bonds is 4. The summed E-state index contributed by atoms with van der Waals surface area (Å²) in [5, 5.41) is 0. The van der Waals surface area contributed by atoms with E-state index in [0.717, 1.165) is 33.4 Å². The summed E-state index contributed by atoms with van der Waals surface area (Å²) in [6.45, 7) is 4.22. The molecule has 0 amide bonds. The smallest absolute Gasteiger partial charge is 0.0726 e. The van der Waals surface area contributed by atoms with E-state index in [-0.39, 0.29) is 50.2 Å². The van der Waals surface area contributed by atoms with Crippen molar-refractivity contribution >= 4 is 17.1 Å². The number of hydrogen-bond acceptors (Lipinski definition) is 1. The Morgan fingerprint density at radius 1 is 0.396 bits per heavy atom. The Bertz CT molecular complexity index is 3500. The van der Waals surface area contributed by atoms with Crippen LogP contribution in [0.3, 0.4) is 0 Å². The minimum Gasteiger partial charge on any atom is -0.310 e. The molecule has 1 spiro atoms. The standard InChI is InChI=1S/C52H37N/c1-51(2)45-20-10-6-16-39(45)43-30-28-37(32-49(43)51)53(36-26-24-35(25-27-36)34-14-4-3-5-15-34)38-29-31-44-42-19-9-13-23-48(42)52(50(44)33-38)46-21-11-7-17-40(46)41-18-8-12-22-47(41)52/h3-33H,1-2H3/i7D,8D,9D,11D,12D,13D,17D,18D,19D,21D,22D,23D,29D,31D,33D. The van der Waals surface area contributed by atoms with Crippen LogP contribution in [0.2, 0.25) is 0 Å². The van der Waals surface area contributed by atoms with E-state index >= 15 is 0 Å². The average molecular weight is 691 g/mol. The van der Waals surface area contributed by atoms with Crippen molar-refractivity contribution < 1.29 is 20.6 Å². The van der Waals surface area contributed by atoms with Crippen LogP contribution in [0.5, 0.6) is 0 Å². The summed E-state index contributed by atoms with van der Waals surface area (Å²) in [4.78, 5) is 1.67. The van der Waals surface area contributed by atoms with Gasteiger partial charge in [-0.05, 0) is 114 Å². The number of hydrogen-bond donors (Lipinski definition) is 0. The Morgan fingerprint density at radius 3 is 1.58 bits per heavy atom. The van der Waals surface area contributed by atoms with E-state index in [4.69, 9.17) is 8.22 Å². The SMILES string of the molecule is [2H]c1c([2H])c([2H])c2c(c1[2H])-c1c([2H])c([2H])c([2H])c([2H])c1C21c2c([2H])c([2H])c([2H])c([2H])c2-c2c([2H])c([2H])c(N(c3ccc(-c4ccccc4)cc3)c3ccc4c(c3)C(C)(C)c3ccccc3-4)c([2H])c21. The molecule has 0 radical (unpaired) electrons. The van der Waals surface area contributed by atoms with Crippen LogP contribution in [0.15, 0.2) is 188 Å². The van der Waals surface area contributed by atoms with Crippen LogP contribution < -0.4 is 4.90 Å². The van der Waals surface area contributed by atoms with E-state index in [1.807, 2.05) is 84.9 Å². The summed E-state index contributed by atoms with van der Waals surface area (Å²) >= 11 is 0. The van der Waals surface area contributed by atoms with Gasteiger partial charge in [0.05, 0.1) is 26.0 Å². The van der Waals surface area contributed by atoms with Crippen molar-refractivity contribution in [1.29, 1.82) is 0 Å². The van der Waals surface area contributed by atoms with Crippen molar-refractivity contribution in [2.75, 3.05) is 4.90 Å². The first kappa shape index (κ1) is 18.9. The van der Waals surface area contributed by atoms with E-state index in [0.29, 0.717) is 11.4 Å². The molecule has 0 bridgehead atoms. The van der Waals surface area contributed by atoms with Gasteiger partial charge in [-0.25, -0.2) is 0 Å². The fraction of sp³-hybridized carbons (Fsp3) is 0.0769. The quantitative estimate of drug-likeness (QED) is 0.178. The van der Waals surface area contributed by atoms with Gasteiger partial charge in [0.15, 0.2) is 0 Å². The van der Waals surface area contributed by atoms with E-state index in [9.17, 15) is 12.3 Å². The van der Waals surface area contributed by atoms with E-state index in [2.05, 4.69) is 26.0 Å². The Hall–Kier alpha value is -6.44. The molecule has 3 aliphatic carbocycles. The van der Waals surface area contributed by atoms with Crippen molar-refractivity contribution in [1.82, 2.24) is 0 Å². The average Bonchev–Trinajstić information content (AvgIpc) is 3.92. The molecular formula is C52H37N. The number of anilines is 3. The molecule has 0 aliphatic heterocycles. The molecule has 0 atom stereocenters. The fourth-order valence-electron chi connectivity index (χ4n) is 8.74. The highest BCUT2D eigenvalue weighted by Gasteiger charge is 2.51. The van der Waals surface area contributed by atoms with Gasteiger partial charge in [-0.3, -0.25) is 0 Å². The van der Waals surface area contributed by atoms with Crippen molar-refractivity contribution in [2.45, 2.75) is 24.7 Å². The zero-order valence-electron chi connectivity index (χ0n) is 43.7. The highest BCUT2D eigenvalue weighted by molar-refractivity contribution is 5.96.